The number of pyridine rings is 1. The molecule has 2 atom stereocenters. The van der Waals surface area contributed by atoms with Crippen LogP contribution in [-0.4, -0.2) is 51.2 Å². The standard InChI is InChI=1S/C21H28F2N4O4S/c1-21(29)9-3-4-16(21)27-18-12(10-15(17(22)23)19(27)28)11-24-20(26-18)25-13-5-7-14(8-6-13)32(2,30)31/h10-11,13-14,16-17,29H,3-9H2,1-2H3,(H,24,25,26)/t13?,14?,16-,21-/m1/s1. The molecule has 32 heavy (non-hydrogen) atoms. The number of halogens is 2. The zero-order valence-corrected chi connectivity index (χ0v) is 18.9. The van der Waals surface area contributed by atoms with E-state index in [1.54, 1.807) is 6.92 Å². The van der Waals surface area contributed by atoms with E-state index in [1.165, 1.54) is 17.0 Å². The van der Waals surface area contributed by atoms with Crippen LogP contribution in [0.5, 0.6) is 0 Å². The third-order valence-electron chi connectivity index (χ3n) is 6.84. The number of sulfone groups is 1. The van der Waals surface area contributed by atoms with E-state index in [2.05, 4.69) is 15.3 Å². The number of alkyl halides is 2. The maximum Gasteiger partial charge on any atom is 0.269 e. The van der Waals surface area contributed by atoms with E-state index in [-0.39, 0.29) is 22.9 Å². The van der Waals surface area contributed by atoms with Gasteiger partial charge in [-0.1, -0.05) is 0 Å². The number of hydrogen-bond acceptors (Lipinski definition) is 7. The van der Waals surface area contributed by atoms with Crippen molar-refractivity contribution in [3.8, 4) is 0 Å². The van der Waals surface area contributed by atoms with Crippen LogP contribution in [0.15, 0.2) is 17.1 Å². The van der Waals surface area contributed by atoms with Gasteiger partial charge in [0.25, 0.3) is 12.0 Å². The molecule has 2 fully saturated rings. The highest BCUT2D eigenvalue weighted by Gasteiger charge is 2.40. The van der Waals surface area contributed by atoms with Gasteiger partial charge in [0, 0.05) is 23.9 Å². The Kier molecular flexibility index (Phi) is 6.00. The van der Waals surface area contributed by atoms with Gasteiger partial charge in [0.15, 0.2) is 0 Å². The number of hydrogen-bond donors (Lipinski definition) is 2. The van der Waals surface area contributed by atoms with E-state index in [0.717, 1.165) is 6.07 Å². The van der Waals surface area contributed by atoms with E-state index in [0.29, 0.717) is 50.3 Å². The average Bonchev–Trinajstić information content (AvgIpc) is 3.05. The molecule has 0 aromatic carbocycles. The summed E-state index contributed by atoms with van der Waals surface area (Å²) in [6.45, 7) is 1.61. The zero-order chi connectivity index (χ0) is 23.3. The first-order valence-corrected chi connectivity index (χ1v) is 12.8. The van der Waals surface area contributed by atoms with E-state index < -0.39 is 39.0 Å². The maximum atomic E-state index is 13.5. The first-order chi connectivity index (χ1) is 15.0. The van der Waals surface area contributed by atoms with Gasteiger partial charge >= 0.3 is 0 Å². The lowest BCUT2D eigenvalue weighted by molar-refractivity contribution is 0.0261. The summed E-state index contributed by atoms with van der Waals surface area (Å²) in [7, 11) is -3.08. The first kappa shape index (κ1) is 23.0. The Labute approximate surface area is 185 Å². The maximum absolute atomic E-state index is 13.5. The monoisotopic (exact) mass is 470 g/mol. The van der Waals surface area contributed by atoms with Crippen molar-refractivity contribution in [1.82, 2.24) is 14.5 Å². The molecule has 2 heterocycles. The molecule has 0 aliphatic heterocycles. The summed E-state index contributed by atoms with van der Waals surface area (Å²) >= 11 is 0. The molecule has 11 heteroatoms. The van der Waals surface area contributed by atoms with Crippen molar-refractivity contribution in [3.63, 3.8) is 0 Å². The highest BCUT2D eigenvalue weighted by molar-refractivity contribution is 7.91. The third kappa shape index (κ3) is 4.36. The molecule has 2 aliphatic carbocycles. The molecule has 2 N–H and O–H groups in total. The lowest BCUT2D eigenvalue weighted by atomic mass is 9.95. The van der Waals surface area contributed by atoms with Gasteiger partial charge in [-0.2, -0.15) is 4.98 Å². The minimum absolute atomic E-state index is 0.0273. The second kappa shape index (κ2) is 8.33. The highest BCUT2D eigenvalue weighted by Crippen LogP contribution is 2.40. The van der Waals surface area contributed by atoms with E-state index in [9.17, 15) is 27.1 Å². The van der Waals surface area contributed by atoms with Crippen molar-refractivity contribution >= 4 is 26.8 Å². The summed E-state index contributed by atoms with van der Waals surface area (Å²) in [5.41, 5.74) is -2.49. The Morgan fingerprint density at radius 3 is 2.50 bits per heavy atom. The quantitative estimate of drug-likeness (QED) is 0.690. The Hall–Kier alpha value is -2.14. The molecule has 0 saturated heterocycles. The van der Waals surface area contributed by atoms with Gasteiger partial charge in [0.05, 0.1) is 22.5 Å². The number of aliphatic hydroxyl groups is 1. The van der Waals surface area contributed by atoms with Gasteiger partial charge < -0.3 is 10.4 Å². The SMILES string of the molecule is C[C@@]1(O)CCC[C@H]1n1c(=O)c(C(F)F)cc2cnc(NC3CCC(S(C)(=O)=O)CC3)nc21. The van der Waals surface area contributed by atoms with E-state index in [4.69, 9.17) is 0 Å². The largest absolute Gasteiger partial charge is 0.388 e. The van der Waals surface area contributed by atoms with Crippen LogP contribution in [0.25, 0.3) is 11.0 Å². The molecule has 2 saturated carbocycles. The van der Waals surface area contributed by atoms with Gasteiger partial charge in [0.2, 0.25) is 5.95 Å². The topological polar surface area (TPSA) is 114 Å². The number of nitrogens with zero attached hydrogens (tertiary/aromatic N) is 3. The second-order valence-corrected chi connectivity index (χ2v) is 11.6. The second-order valence-electron chi connectivity index (χ2n) is 9.26. The average molecular weight is 471 g/mol. The van der Waals surface area contributed by atoms with Crippen LogP contribution < -0.4 is 10.9 Å². The van der Waals surface area contributed by atoms with E-state index >= 15 is 0 Å². The van der Waals surface area contributed by atoms with Gasteiger partial charge in [-0.15, -0.1) is 0 Å². The molecule has 0 radical (unpaired) electrons. The summed E-state index contributed by atoms with van der Waals surface area (Å²) in [5, 5.41) is 13.9. The van der Waals surface area contributed by atoms with Crippen LogP contribution in [0.2, 0.25) is 0 Å². The molecule has 4 rings (SSSR count). The number of nitrogens with one attached hydrogen (secondary N) is 1. The molecule has 2 aromatic heterocycles. The predicted octanol–water partition coefficient (Wildman–Crippen LogP) is 2.97. The Morgan fingerprint density at radius 1 is 1.25 bits per heavy atom. The molecule has 2 aromatic rings. The summed E-state index contributed by atoms with van der Waals surface area (Å²) in [6.07, 6.45) is 3.66. The molecule has 0 spiro atoms. The smallest absolute Gasteiger partial charge is 0.269 e. The Balaban J connectivity index is 1.70. The summed E-state index contributed by atoms with van der Waals surface area (Å²) in [6, 6.07) is 0.425. The van der Waals surface area contributed by atoms with Crippen molar-refractivity contribution in [1.29, 1.82) is 0 Å². The molecule has 8 nitrogen and oxygen atoms in total. The van der Waals surface area contributed by atoms with E-state index in [1.807, 2.05) is 0 Å². The molecular weight excluding hydrogens is 442 g/mol. The van der Waals surface area contributed by atoms with Gasteiger partial charge in [-0.05, 0) is 57.9 Å². The van der Waals surface area contributed by atoms with Crippen LogP contribution in [0.3, 0.4) is 0 Å². The Morgan fingerprint density at radius 2 is 1.94 bits per heavy atom. The number of aromatic nitrogens is 3. The minimum Gasteiger partial charge on any atom is -0.388 e. The van der Waals surface area contributed by atoms with Crippen LogP contribution in [-0.2, 0) is 9.84 Å². The fourth-order valence-electron chi connectivity index (χ4n) is 5.01. The lowest BCUT2D eigenvalue weighted by Crippen LogP contribution is -2.38. The third-order valence-corrected chi connectivity index (χ3v) is 8.52. The van der Waals surface area contributed by atoms with Crippen molar-refractivity contribution in [2.75, 3.05) is 11.6 Å². The molecule has 176 valence electrons. The number of anilines is 1. The van der Waals surface area contributed by atoms with Crippen LogP contribution >= 0.6 is 0 Å². The molecule has 0 unspecified atom stereocenters. The van der Waals surface area contributed by atoms with Gasteiger partial charge in [0.1, 0.15) is 15.5 Å². The number of rotatable bonds is 5. The fourth-order valence-corrected chi connectivity index (χ4v) is 6.14. The van der Waals surface area contributed by atoms with Crippen LogP contribution in [0.4, 0.5) is 14.7 Å². The van der Waals surface area contributed by atoms with Crippen LogP contribution in [0, 0.1) is 0 Å². The van der Waals surface area contributed by atoms with Crippen molar-refractivity contribution in [2.45, 2.75) is 81.2 Å². The zero-order valence-electron chi connectivity index (χ0n) is 18.1. The molecule has 0 amide bonds. The molecule has 0 bridgehead atoms. The predicted molar refractivity (Wildman–Crippen MR) is 117 cm³/mol. The van der Waals surface area contributed by atoms with Gasteiger partial charge in [-0.3, -0.25) is 9.36 Å². The normalized spacial score (nSPS) is 29.0. The molecular formula is C21H28F2N4O4S. The first-order valence-electron chi connectivity index (χ1n) is 10.9. The molecule has 2 aliphatic rings. The highest BCUT2D eigenvalue weighted by atomic mass is 32.2. The van der Waals surface area contributed by atoms with Crippen molar-refractivity contribution in [3.05, 3.63) is 28.2 Å². The summed E-state index contributed by atoms with van der Waals surface area (Å²) in [5.74, 6) is 0.246. The Bertz CT molecular complexity index is 1170. The fraction of sp³-hybridized carbons (Fsp3) is 0.667. The van der Waals surface area contributed by atoms with Crippen molar-refractivity contribution < 1.29 is 22.3 Å². The lowest BCUT2D eigenvalue weighted by Gasteiger charge is -2.29. The minimum atomic E-state index is -3.08. The van der Waals surface area contributed by atoms with Crippen LogP contribution in [0.1, 0.15) is 69.9 Å². The van der Waals surface area contributed by atoms with Crippen molar-refractivity contribution in [2.24, 2.45) is 0 Å². The van der Waals surface area contributed by atoms with Gasteiger partial charge in [-0.25, -0.2) is 22.2 Å². The number of fused-ring (bicyclic) bond motifs is 1. The summed E-state index contributed by atoms with van der Waals surface area (Å²) in [4.78, 5) is 21.7. The summed E-state index contributed by atoms with van der Waals surface area (Å²) < 4.78 is 51.8.